The van der Waals surface area contributed by atoms with Gasteiger partial charge in [0.1, 0.15) is 11.9 Å². The van der Waals surface area contributed by atoms with Crippen molar-refractivity contribution in [1.82, 2.24) is 0 Å². The molecule has 3 aliphatic carbocycles. The summed E-state index contributed by atoms with van der Waals surface area (Å²) in [5.41, 5.74) is 0.745. The maximum atomic E-state index is 13.1. The monoisotopic (exact) mass is 358 g/mol. The fourth-order valence-electron chi connectivity index (χ4n) is 6.63. The molecule has 2 bridgehead atoms. The largest absolute Gasteiger partial charge is 0.462 e. The molecule has 0 aromatic rings. The predicted molar refractivity (Wildman–Crippen MR) is 103 cm³/mol. The molecule has 0 radical (unpaired) electrons. The predicted octanol–water partition coefficient (Wildman–Crippen LogP) is 5.11. The molecule has 0 N–H and O–H groups in total. The number of ether oxygens (including phenoxy) is 1. The lowest BCUT2D eigenvalue weighted by atomic mass is 9.49. The maximum absolute atomic E-state index is 13.1. The summed E-state index contributed by atoms with van der Waals surface area (Å²) in [6.45, 7) is 16.8. The van der Waals surface area contributed by atoms with Gasteiger partial charge >= 0.3 is 5.97 Å². The summed E-state index contributed by atoms with van der Waals surface area (Å²) in [7, 11) is 0. The molecule has 3 rings (SSSR count). The molecule has 0 saturated heterocycles. The number of allylic oxidation sites excluding steroid dienone is 2. The van der Waals surface area contributed by atoms with Crippen molar-refractivity contribution < 1.29 is 14.3 Å². The summed E-state index contributed by atoms with van der Waals surface area (Å²) in [6, 6.07) is 0. The Morgan fingerprint density at radius 3 is 2.65 bits per heavy atom. The highest BCUT2D eigenvalue weighted by molar-refractivity contribution is 5.85. The molecule has 0 aromatic carbocycles. The van der Waals surface area contributed by atoms with Crippen LogP contribution in [0.2, 0.25) is 0 Å². The first-order valence-corrected chi connectivity index (χ1v) is 10.3. The number of ketones is 1. The van der Waals surface area contributed by atoms with Gasteiger partial charge in [-0.2, -0.15) is 0 Å². The van der Waals surface area contributed by atoms with Crippen molar-refractivity contribution in [3.05, 3.63) is 24.8 Å². The number of esters is 1. The lowest BCUT2D eigenvalue weighted by molar-refractivity contribution is -0.174. The molecule has 26 heavy (non-hydrogen) atoms. The Morgan fingerprint density at radius 1 is 1.35 bits per heavy atom. The summed E-state index contributed by atoms with van der Waals surface area (Å²) in [6.07, 6.45) is 6.56. The van der Waals surface area contributed by atoms with Crippen LogP contribution in [0.15, 0.2) is 24.8 Å². The third-order valence-corrected chi connectivity index (χ3v) is 8.43. The molecule has 7 atom stereocenters. The fourth-order valence-corrected chi connectivity index (χ4v) is 6.63. The van der Waals surface area contributed by atoms with E-state index in [9.17, 15) is 9.59 Å². The first kappa shape index (κ1) is 19.4. The summed E-state index contributed by atoms with van der Waals surface area (Å²) >= 11 is 0. The lowest BCUT2D eigenvalue weighted by Crippen LogP contribution is -2.55. The number of hydrogen-bond acceptors (Lipinski definition) is 3. The van der Waals surface area contributed by atoms with Crippen LogP contribution in [0, 0.1) is 34.5 Å². The molecule has 0 amide bonds. The Labute approximate surface area is 158 Å². The van der Waals surface area contributed by atoms with Gasteiger partial charge in [-0.3, -0.25) is 9.59 Å². The van der Waals surface area contributed by atoms with E-state index in [1.807, 2.05) is 13.0 Å². The number of carbonyl (C=O) groups excluding carboxylic acids is 2. The highest BCUT2D eigenvalue weighted by Gasteiger charge is 2.67. The van der Waals surface area contributed by atoms with Crippen molar-refractivity contribution in [3.8, 4) is 0 Å². The van der Waals surface area contributed by atoms with Crippen LogP contribution in [-0.4, -0.2) is 17.9 Å². The van der Waals surface area contributed by atoms with Gasteiger partial charge in [-0.25, -0.2) is 0 Å². The van der Waals surface area contributed by atoms with Crippen LogP contribution in [0.4, 0.5) is 0 Å². The Balaban J connectivity index is 2.16. The van der Waals surface area contributed by atoms with Gasteiger partial charge in [-0.15, -0.1) is 0 Å². The van der Waals surface area contributed by atoms with E-state index in [-0.39, 0.29) is 34.7 Å². The number of rotatable bonds is 4. The van der Waals surface area contributed by atoms with E-state index in [2.05, 4.69) is 33.9 Å². The number of hydrogen-bond donors (Lipinski definition) is 0. The standard InChI is InChI=1S/C23H34O3/c1-7-14(3)17-13-19(26-20(25)8-2)22(6)15(4)9-11-23(16(17)5)12-10-18(24)21(22)23/h7,15-17,19,21H,1,3,8-13H2,2,4-6H3/t15?,16-,17-,19+,21?,22-,23-/m0/s1. The van der Waals surface area contributed by atoms with Gasteiger partial charge in [0.15, 0.2) is 0 Å². The van der Waals surface area contributed by atoms with Gasteiger partial charge in [-0.1, -0.05) is 52.5 Å². The molecule has 3 aliphatic rings. The maximum Gasteiger partial charge on any atom is 0.305 e. The smallest absolute Gasteiger partial charge is 0.305 e. The average Bonchev–Trinajstić information content (AvgIpc) is 2.96. The third kappa shape index (κ3) is 2.53. The van der Waals surface area contributed by atoms with Gasteiger partial charge < -0.3 is 4.74 Å². The van der Waals surface area contributed by atoms with Crippen LogP contribution in [-0.2, 0) is 14.3 Å². The van der Waals surface area contributed by atoms with E-state index < -0.39 is 0 Å². The second kappa shape index (κ2) is 6.65. The first-order valence-electron chi connectivity index (χ1n) is 10.3. The van der Waals surface area contributed by atoms with Gasteiger partial charge in [0.05, 0.1) is 0 Å². The summed E-state index contributed by atoms with van der Waals surface area (Å²) < 4.78 is 6.04. The van der Waals surface area contributed by atoms with Crippen molar-refractivity contribution >= 4 is 11.8 Å². The molecule has 3 nitrogen and oxygen atoms in total. The number of carbonyl (C=O) groups is 2. The minimum atomic E-state index is -0.291. The molecule has 2 unspecified atom stereocenters. The summed E-state index contributed by atoms with van der Waals surface area (Å²) in [4.78, 5) is 25.4. The lowest BCUT2D eigenvalue weighted by Gasteiger charge is -2.55. The molecular weight excluding hydrogens is 324 g/mol. The van der Waals surface area contributed by atoms with Crippen LogP contribution < -0.4 is 0 Å². The summed E-state index contributed by atoms with van der Waals surface area (Å²) in [5, 5.41) is 0. The van der Waals surface area contributed by atoms with Gasteiger partial charge in [0, 0.05) is 24.2 Å². The van der Waals surface area contributed by atoms with Crippen LogP contribution in [0.1, 0.15) is 66.2 Å². The molecule has 0 spiro atoms. The van der Waals surface area contributed by atoms with Crippen molar-refractivity contribution in [2.24, 2.45) is 34.5 Å². The Bertz CT molecular complexity index is 635. The normalized spacial score (nSPS) is 44.8. The summed E-state index contributed by atoms with van der Waals surface area (Å²) in [5.74, 6) is 1.13. The van der Waals surface area contributed by atoms with Crippen molar-refractivity contribution in [1.29, 1.82) is 0 Å². The highest BCUT2D eigenvalue weighted by Crippen LogP contribution is 2.68. The fraction of sp³-hybridized carbons (Fsp3) is 0.739. The number of Topliss-reactive ketones (excluding diaryl/α,β-unsaturated/α-hetero) is 1. The zero-order chi connectivity index (χ0) is 19.3. The first-order chi connectivity index (χ1) is 12.2. The molecule has 3 fully saturated rings. The highest BCUT2D eigenvalue weighted by atomic mass is 16.5. The van der Waals surface area contributed by atoms with Crippen molar-refractivity contribution in [3.63, 3.8) is 0 Å². The van der Waals surface area contributed by atoms with E-state index in [0.717, 1.165) is 31.3 Å². The van der Waals surface area contributed by atoms with Crippen molar-refractivity contribution in [2.45, 2.75) is 72.3 Å². The van der Waals surface area contributed by atoms with E-state index in [1.165, 1.54) is 0 Å². The molecule has 0 heterocycles. The SMILES string of the molecule is C=CC(=C)[C@@H]1C[C@@H](OC(=O)CC)[C@]2(C)C(C)CC[C@]3(CCC(=O)C32)[C@H]1C. The van der Waals surface area contributed by atoms with Crippen LogP contribution >= 0.6 is 0 Å². The van der Waals surface area contributed by atoms with E-state index in [0.29, 0.717) is 30.5 Å². The Hall–Kier alpha value is -1.38. The molecule has 3 saturated carbocycles. The van der Waals surface area contributed by atoms with Crippen LogP contribution in [0.5, 0.6) is 0 Å². The Morgan fingerprint density at radius 2 is 2.04 bits per heavy atom. The minimum absolute atomic E-state index is 0.00831. The van der Waals surface area contributed by atoms with Gasteiger partial charge in [0.2, 0.25) is 0 Å². The molecule has 0 aliphatic heterocycles. The van der Waals surface area contributed by atoms with Crippen LogP contribution in [0.3, 0.4) is 0 Å². The second-order valence-electron chi connectivity index (χ2n) is 9.18. The van der Waals surface area contributed by atoms with E-state index in [4.69, 9.17) is 4.74 Å². The zero-order valence-corrected chi connectivity index (χ0v) is 16.8. The van der Waals surface area contributed by atoms with Gasteiger partial charge in [-0.05, 0) is 48.9 Å². The zero-order valence-electron chi connectivity index (χ0n) is 16.8. The molecule has 3 heteroatoms. The topological polar surface area (TPSA) is 43.4 Å². The third-order valence-electron chi connectivity index (χ3n) is 8.43. The van der Waals surface area contributed by atoms with Crippen LogP contribution in [0.25, 0.3) is 0 Å². The minimum Gasteiger partial charge on any atom is -0.462 e. The molecule has 144 valence electrons. The van der Waals surface area contributed by atoms with Crippen molar-refractivity contribution in [2.75, 3.05) is 0 Å². The average molecular weight is 359 g/mol. The van der Waals surface area contributed by atoms with Gasteiger partial charge in [0.25, 0.3) is 0 Å². The molecular formula is C23H34O3. The molecule has 0 aromatic heterocycles. The quantitative estimate of drug-likeness (QED) is 0.518. The second-order valence-corrected chi connectivity index (χ2v) is 9.18. The van der Waals surface area contributed by atoms with E-state index in [1.54, 1.807) is 0 Å². The Kier molecular flexibility index (Phi) is 4.96. The van der Waals surface area contributed by atoms with E-state index >= 15 is 0 Å².